The lowest BCUT2D eigenvalue weighted by molar-refractivity contribution is -0.209. The Morgan fingerprint density at radius 3 is 1.17 bits per heavy atom. The van der Waals surface area contributed by atoms with Crippen molar-refractivity contribution in [3.8, 4) is 0 Å². The molecule has 0 bridgehead atoms. The van der Waals surface area contributed by atoms with E-state index in [4.69, 9.17) is 28.4 Å². The van der Waals surface area contributed by atoms with E-state index in [1.54, 1.807) is 20.8 Å². The van der Waals surface area contributed by atoms with Gasteiger partial charge in [-0.05, 0) is 27.2 Å². The average molecular weight is 428 g/mol. The minimum atomic E-state index is -0.839. The summed E-state index contributed by atoms with van der Waals surface area (Å²) in [5.41, 5.74) is -0.724. The van der Waals surface area contributed by atoms with Crippen LogP contribution < -0.4 is 0 Å². The molecule has 0 saturated carbocycles. The highest BCUT2D eigenvalue weighted by Crippen LogP contribution is 2.26. The third-order valence-corrected chi connectivity index (χ3v) is 3.97. The minimum absolute atomic E-state index is 0.0827. The highest BCUT2D eigenvalue weighted by Gasteiger charge is 2.33. The zero-order valence-corrected chi connectivity index (χ0v) is 18.1. The topological polar surface area (TPSA) is 107 Å². The summed E-state index contributed by atoms with van der Waals surface area (Å²) < 4.78 is 31.9. The molecular weight excluding hydrogens is 396 g/mol. The van der Waals surface area contributed by atoms with Crippen molar-refractivity contribution in [2.45, 2.75) is 53.0 Å². The lowest BCUT2D eigenvalue weighted by atomic mass is 9.88. The van der Waals surface area contributed by atoms with E-state index in [1.807, 2.05) is 6.92 Å². The zero-order valence-electron chi connectivity index (χ0n) is 18.1. The first kappa shape index (κ1) is 27.5. The Labute approximate surface area is 177 Å². The molecule has 0 aromatic heterocycles. The van der Waals surface area contributed by atoms with Gasteiger partial charge >= 0.3 is 17.9 Å². The van der Waals surface area contributed by atoms with E-state index in [-0.39, 0.29) is 19.8 Å². The molecule has 0 aromatic carbocycles. The van der Waals surface area contributed by atoms with Crippen LogP contribution in [0.5, 0.6) is 0 Å². The predicted molar refractivity (Wildman–Crippen MR) is 108 cm³/mol. The molecule has 170 valence electrons. The maximum absolute atomic E-state index is 11.3. The smallest absolute Gasteiger partial charge is 0.332 e. The van der Waals surface area contributed by atoms with Crippen LogP contribution >= 0.6 is 0 Å². The van der Waals surface area contributed by atoms with Crippen LogP contribution in [0.25, 0.3) is 0 Å². The van der Waals surface area contributed by atoms with Crippen molar-refractivity contribution in [1.82, 2.24) is 0 Å². The van der Waals surface area contributed by atoms with E-state index in [0.717, 1.165) is 18.2 Å². The van der Waals surface area contributed by atoms with Gasteiger partial charge in [0.05, 0.1) is 19.8 Å². The molecule has 30 heavy (non-hydrogen) atoms. The number of hydrogen-bond donors (Lipinski definition) is 0. The summed E-state index contributed by atoms with van der Waals surface area (Å²) in [6.07, 6.45) is 1.11. The summed E-state index contributed by atoms with van der Waals surface area (Å²) in [6.45, 7) is 16.8. The summed E-state index contributed by atoms with van der Waals surface area (Å²) in [5.74, 6) is -1.86. The van der Waals surface area contributed by atoms with E-state index in [2.05, 4.69) is 19.7 Å². The van der Waals surface area contributed by atoms with Crippen LogP contribution in [0.15, 0.2) is 38.0 Å². The van der Waals surface area contributed by atoms with E-state index in [9.17, 15) is 14.4 Å². The number of carbonyl (C=O) groups is 3. The largest absolute Gasteiger partial charge is 0.433 e. The van der Waals surface area contributed by atoms with Crippen molar-refractivity contribution in [2.24, 2.45) is 5.41 Å². The van der Waals surface area contributed by atoms with Crippen LogP contribution in [0, 0.1) is 5.41 Å². The molecule has 0 aliphatic heterocycles. The van der Waals surface area contributed by atoms with Crippen LogP contribution in [0.4, 0.5) is 0 Å². The second-order valence-corrected chi connectivity index (χ2v) is 6.41. The fourth-order valence-electron chi connectivity index (χ4n) is 2.05. The molecule has 3 unspecified atom stereocenters. The van der Waals surface area contributed by atoms with Gasteiger partial charge in [0.15, 0.2) is 18.9 Å². The van der Waals surface area contributed by atoms with Crippen LogP contribution in [0.2, 0.25) is 0 Å². The molecule has 0 heterocycles. The van der Waals surface area contributed by atoms with E-state index in [0.29, 0.717) is 6.42 Å². The maximum Gasteiger partial charge on any atom is 0.332 e. The molecule has 0 aliphatic carbocycles. The Hall–Kier alpha value is -2.49. The van der Waals surface area contributed by atoms with Crippen molar-refractivity contribution in [1.29, 1.82) is 0 Å². The van der Waals surface area contributed by atoms with Gasteiger partial charge in [-0.1, -0.05) is 26.7 Å². The van der Waals surface area contributed by atoms with Crippen LogP contribution in [0.1, 0.15) is 34.1 Å². The highest BCUT2D eigenvalue weighted by molar-refractivity contribution is 5.81. The van der Waals surface area contributed by atoms with Gasteiger partial charge in [0.1, 0.15) is 0 Å². The quantitative estimate of drug-likeness (QED) is 0.159. The third-order valence-electron chi connectivity index (χ3n) is 3.97. The molecular formula is C21H32O9. The molecule has 9 heteroatoms. The lowest BCUT2D eigenvalue weighted by Gasteiger charge is -2.34. The van der Waals surface area contributed by atoms with Crippen molar-refractivity contribution in [2.75, 3.05) is 19.8 Å². The number of esters is 3. The van der Waals surface area contributed by atoms with Gasteiger partial charge in [-0.15, -0.1) is 0 Å². The van der Waals surface area contributed by atoms with Crippen molar-refractivity contribution in [3.05, 3.63) is 38.0 Å². The van der Waals surface area contributed by atoms with Crippen molar-refractivity contribution in [3.63, 3.8) is 0 Å². The minimum Gasteiger partial charge on any atom is -0.433 e. The zero-order chi connectivity index (χ0) is 23.2. The van der Waals surface area contributed by atoms with Gasteiger partial charge in [0.2, 0.25) is 0 Å². The Balaban J connectivity index is 5.11. The summed E-state index contributed by atoms with van der Waals surface area (Å²) in [5, 5.41) is 0. The average Bonchev–Trinajstić information content (AvgIpc) is 2.73. The lowest BCUT2D eigenvalue weighted by Crippen LogP contribution is -2.41. The number of rotatable bonds is 16. The molecule has 0 aliphatic rings. The summed E-state index contributed by atoms with van der Waals surface area (Å²) >= 11 is 0. The summed E-state index contributed by atoms with van der Waals surface area (Å²) in [7, 11) is 0. The molecule has 0 rings (SSSR count). The Morgan fingerprint density at radius 2 is 0.967 bits per heavy atom. The fourth-order valence-corrected chi connectivity index (χ4v) is 2.05. The van der Waals surface area contributed by atoms with Crippen LogP contribution in [-0.4, -0.2) is 56.6 Å². The monoisotopic (exact) mass is 428 g/mol. The van der Waals surface area contributed by atoms with E-state index < -0.39 is 42.2 Å². The second kappa shape index (κ2) is 14.5. The Kier molecular flexibility index (Phi) is 13.3. The molecule has 0 amide bonds. The van der Waals surface area contributed by atoms with Gasteiger partial charge in [-0.2, -0.15) is 0 Å². The summed E-state index contributed by atoms with van der Waals surface area (Å²) in [4.78, 5) is 34.0. The first-order chi connectivity index (χ1) is 14.1. The summed E-state index contributed by atoms with van der Waals surface area (Å²) in [6, 6.07) is 0. The van der Waals surface area contributed by atoms with Crippen LogP contribution in [-0.2, 0) is 42.8 Å². The highest BCUT2D eigenvalue weighted by atomic mass is 16.7. The normalized spacial score (nSPS) is 15.6. The van der Waals surface area contributed by atoms with E-state index in [1.165, 1.54) is 0 Å². The first-order valence-electron chi connectivity index (χ1n) is 9.45. The number of carbonyl (C=O) groups excluding carboxylic acids is 3. The predicted octanol–water partition coefficient (Wildman–Crippen LogP) is 2.66. The van der Waals surface area contributed by atoms with E-state index >= 15 is 0 Å². The molecule has 3 atom stereocenters. The van der Waals surface area contributed by atoms with Gasteiger partial charge in [-0.25, -0.2) is 14.4 Å². The third kappa shape index (κ3) is 11.5. The Bertz CT molecular complexity index is 520. The van der Waals surface area contributed by atoms with Gasteiger partial charge in [0, 0.05) is 23.6 Å². The molecule has 0 radical (unpaired) electrons. The number of hydrogen-bond acceptors (Lipinski definition) is 9. The molecule has 0 N–H and O–H groups in total. The SMILES string of the molecule is C=CC(=O)OC(C)OCC(CC)(COC(C)OC(=O)C=C)COC(C)OC(=O)C=C. The van der Waals surface area contributed by atoms with Crippen molar-refractivity contribution >= 4 is 17.9 Å². The van der Waals surface area contributed by atoms with Gasteiger partial charge < -0.3 is 28.4 Å². The van der Waals surface area contributed by atoms with Gasteiger partial charge in [0.25, 0.3) is 0 Å². The Morgan fingerprint density at radius 1 is 0.700 bits per heavy atom. The molecule has 0 aromatic rings. The second-order valence-electron chi connectivity index (χ2n) is 6.41. The van der Waals surface area contributed by atoms with Crippen molar-refractivity contribution < 1.29 is 42.8 Å². The first-order valence-corrected chi connectivity index (χ1v) is 9.45. The molecule has 0 fully saturated rings. The fraction of sp³-hybridized carbons (Fsp3) is 0.571. The molecule has 0 saturated heterocycles. The van der Waals surface area contributed by atoms with Gasteiger partial charge in [-0.3, -0.25) is 0 Å². The standard InChI is InChI=1S/C21H32O9/c1-8-18(22)28-15(5)25-12-21(11-4,13-26-16(6)29-19(23)9-2)14-27-17(7)30-20(24)10-3/h8-10,15-17H,1-3,11-14H2,4-7H3. The van der Waals surface area contributed by atoms with Crippen LogP contribution in [0.3, 0.4) is 0 Å². The molecule has 9 nitrogen and oxygen atoms in total. The number of ether oxygens (including phenoxy) is 6. The molecule has 0 spiro atoms. The maximum atomic E-state index is 11.3.